The quantitative estimate of drug-likeness (QED) is 0.261. The van der Waals surface area contributed by atoms with Crippen LogP contribution in [0, 0.1) is 11.8 Å². The summed E-state index contributed by atoms with van der Waals surface area (Å²) >= 11 is 0. The summed E-state index contributed by atoms with van der Waals surface area (Å²) in [4.78, 5) is 51.6. The molecule has 1 aromatic rings. The Morgan fingerprint density at radius 1 is 1.11 bits per heavy atom. The summed E-state index contributed by atoms with van der Waals surface area (Å²) in [6, 6.07) is 0.989. The molecule has 12 heteroatoms. The monoisotopic (exact) mass is 488 g/mol. The van der Waals surface area contributed by atoms with E-state index < -0.39 is 92.9 Å². The summed E-state index contributed by atoms with van der Waals surface area (Å²) < 4.78 is 0. The number of amides is 1. The number of hydrogen-bond donors (Lipinski definition) is 7. The molecule has 1 fully saturated rings. The first kappa shape index (κ1) is 24.4. The number of Topliss-reactive ketones (excluding diaryl/α,β-unsaturated/α-hetero) is 2. The number of nitrogens with zero attached hydrogens (tertiary/aromatic N) is 1. The molecule has 3 aliphatic rings. The first-order valence-electron chi connectivity index (χ1n) is 10.6. The molecule has 1 aromatic carbocycles. The molecule has 35 heavy (non-hydrogen) atoms. The van der Waals surface area contributed by atoms with Crippen LogP contribution in [0.15, 0.2) is 29.0 Å². The lowest BCUT2D eigenvalue weighted by atomic mass is 9.54. The smallest absolute Gasteiger partial charge is 0.339 e. The minimum absolute atomic E-state index is 0.220. The van der Waals surface area contributed by atoms with Crippen LogP contribution in [0.4, 0.5) is 0 Å². The average molecular weight is 488 g/mol. The third-order valence-corrected chi connectivity index (χ3v) is 7.36. The summed E-state index contributed by atoms with van der Waals surface area (Å²) in [5.41, 5.74) is -0.0870. The van der Waals surface area contributed by atoms with Crippen molar-refractivity contribution < 1.29 is 49.8 Å². The molecule has 0 bridgehead atoms. The van der Waals surface area contributed by atoms with Gasteiger partial charge < -0.3 is 36.4 Å². The number of aromatic carboxylic acids is 1. The Bertz CT molecular complexity index is 1280. The zero-order valence-electron chi connectivity index (χ0n) is 18.9. The maximum Gasteiger partial charge on any atom is 0.339 e. The average Bonchev–Trinajstić information content (AvgIpc) is 2.75. The molecule has 1 amide bonds. The normalized spacial score (nSPS) is 32.3. The zero-order chi connectivity index (χ0) is 26.3. The van der Waals surface area contributed by atoms with Crippen molar-refractivity contribution in [2.75, 3.05) is 14.1 Å². The van der Waals surface area contributed by atoms with Gasteiger partial charge in [0.2, 0.25) is 5.78 Å². The van der Waals surface area contributed by atoms with Gasteiger partial charge in [0.1, 0.15) is 28.4 Å². The minimum atomic E-state index is -3.02. The number of ketones is 2. The standard InChI is InChI=1S/C23H24N2O10/c1-6-7-4-5-8(22(33)34)15(26)10(7)16(27)11-9(6)17(28)13-14(25(2)3)18(29)12(21(24)32)20(31)23(13,35)19(11)30/h4-6,9,13-14,17,26-28,31,35H,1-3H3,(H2,24,32)(H,33,34)/t6?,9?,13?,14-,17?,23-/m0/s1. The highest BCUT2D eigenvalue weighted by Crippen LogP contribution is 2.56. The number of nitrogens with two attached hydrogens (primary N) is 1. The van der Waals surface area contributed by atoms with E-state index in [2.05, 4.69) is 0 Å². The Kier molecular flexibility index (Phi) is 5.32. The van der Waals surface area contributed by atoms with E-state index in [4.69, 9.17) is 5.73 Å². The number of aromatic hydroxyl groups is 1. The number of aliphatic hydroxyl groups is 4. The van der Waals surface area contributed by atoms with Gasteiger partial charge in [-0.3, -0.25) is 19.3 Å². The fraction of sp³-hybridized carbons (Fsp3) is 0.391. The minimum Gasteiger partial charge on any atom is -0.508 e. The predicted molar refractivity (Wildman–Crippen MR) is 117 cm³/mol. The number of likely N-dealkylation sites (N-methyl/N-ethyl adjacent to an activating group) is 1. The van der Waals surface area contributed by atoms with Gasteiger partial charge in [-0.1, -0.05) is 13.0 Å². The molecule has 4 rings (SSSR count). The van der Waals surface area contributed by atoms with Crippen molar-refractivity contribution >= 4 is 29.2 Å². The molecular formula is C23H24N2O10. The number of aliphatic hydroxyl groups excluding tert-OH is 3. The maximum atomic E-state index is 13.8. The van der Waals surface area contributed by atoms with Gasteiger partial charge in [0, 0.05) is 11.5 Å². The molecule has 8 N–H and O–H groups in total. The van der Waals surface area contributed by atoms with Crippen LogP contribution in [0.1, 0.15) is 34.3 Å². The number of carbonyl (C=O) groups is 4. The molecule has 0 aromatic heterocycles. The van der Waals surface area contributed by atoms with Crippen molar-refractivity contribution in [3.8, 4) is 5.75 Å². The second-order valence-corrected chi connectivity index (χ2v) is 9.28. The molecule has 0 radical (unpaired) electrons. The highest BCUT2D eigenvalue weighted by Gasteiger charge is 2.68. The summed E-state index contributed by atoms with van der Waals surface area (Å²) in [6.07, 6.45) is -1.72. The third kappa shape index (κ3) is 2.90. The molecule has 4 unspecified atom stereocenters. The van der Waals surface area contributed by atoms with Crippen LogP contribution in [0.25, 0.3) is 5.76 Å². The fourth-order valence-electron chi connectivity index (χ4n) is 5.79. The molecule has 6 atom stereocenters. The first-order chi connectivity index (χ1) is 16.2. The number of phenols is 1. The largest absolute Gasteiger partial charge is 0.508 e. The third-order valence-electron chi connectivity index (χ3n) is 7.36. The lowest BCUT2D eigenvalue weighted by Gasteiger charge is -2.53. The van der Waals surface area contributed by atoms with Gasteiger partial charge in [0.05, 0.1) is 23.6 Å². The lowest BCUT2D eigenvalue weighted by molar-refractivity contribution is -0.169. The summed E-state index contributed by atoms with van der Waals surface area (Å²) in [5, 5.41) is 64.7. The van der Waals surface area contributed by atoms with Crippen molar-refractivity contribution in [1.82, 2.24) is 4.90 Å². The molecule has 12 nitrogen and oxygen atoms in total. The predicted octanol–water partition coefficient (Wildman–Crippen LogP) is -0.806. The molecule has 0 saturated heterocycles. The van der Waals surface area contributed by atoms with Crippen molar-refractivity contribution in [3.63, 3.8) is 0 Å². The van der Waals surface area contributed by atoms with Gasteiger partial charge in [-0.2, -0.15) is 0 Å². The first-order valence-corrected chi connectivity index (χ1v) is 10.6. The van der Waals surface area contributed by atoms with Gasteiger partial charge in [-0.05, 0) is 31.6 Å². The van der Waals surface area contributed by atoms with E-state index in [1.165, 1.54) is 25.1 Å². The molecule has 1 saturated carbocycles. The van der Waals surface area contributed by atoms with E-state index in [0.29, 0.717) is 0 Å². The van der Waals surface area contributed by atoms with Crippen molar-refractivity contribution in [2.24, 2.45) is 17.6 Å². The Balaban J connectivity index is 2.07. The van der Waals surface area contributed by atoms with Crippen molar-refractivity contribution in [3.05, 3.63) is 45.7 Å². The highest BCUT2D eigenvalue weighted by molar-refractivity contribution is 6.24. The van der Waals surface area contributed by atoms with E-state index in [1.54, 1.807) is 6.92 Å². The maximum absolute atomic E-state index is 13.8. The van der Waals surface area contributed by atoms with E-state index in [1.807, 2.05) is 0 Å². The number of benzene rings is 1. The molecular weight excluding hydrogens is 464 g/mol. The van der Waals surface area contributed by atoms with Crippen LogP contribution in [0.3, 0.4) is 0 Å². The number of carboxylic acid groups (broad SMARTS) is 1. The number of fused-ring (bicyclic) bond motifs is 3. The number of carbonyl (C=O) groups excluding carboxylic acids is 3. The van der Waals surface area contributed by atoms with Crippen LogP contribution in [-0.4, -0.2) is 90.8 Å². The number of rotatable bonds is 3. The number of primary amides is 1. The topological polar surface area (TPSA) is 219 Å². The van der Waals surface area contributed by atoms with Crippen LogP contribution >= 0.6 is 0 Å². The molecule has 3 aliphatic carbocycles. The Morgan fingerprint density at radius 3 is 2.23 bits per heavy atom. The number of hydrogen-bond acceptors (Lipinski definition) is 10. The summed E-state index contributed by atoms with van der Waals surface area (Å²) in [5.74, 6) is -12.0. The summed E-state index contributed by atoms with van der Waals surface area (Å²) in [7, 11) is 2.82. The SMILES string of the molecule is CC1c2ccc(C(=O)O)c(O)c2C(O)=C2C(=O)[C@]3(O)C(O)=C(C(N)=O)C(=O)[C@@H](N(C)C)C3C(O)C21. The van der Waals surface area contributed by atoms with Gasteiger partial charge in [0.15, 0.2) is 11.4 Å². The Morgan fingerprint density at radius 2 is 1.71 bits per heavy atom. The van der Waals surface area contributed by atoms with Gasteiger partial charge in [-0.25, -0.2) is 4.79 Å². The van der Waals surface area contributed by atoms with E-state index >= 15 is 0 Å². The molecule has 186 valence electrons. The van der Waals surface area contributed by atoms with E-state index in [-0.39, 0.29) is 11.1 Å². The van der Waals surface area contributed by atoms with Crippen LogP contribution in [-0.2, 0) is 14.4 Å². The van der Waals surface area contributed by atoms with E-state index in [9.17, 15) is 49.8 Å². The Labute approximate surface area is 198 Å². The van der Waals surface area contributed by atoms with Crippen LogP contribution < -0.4 is 5.73 Å². The van der Waals surface area contributed by atoms with Crippen LogP contribution in [0.5, 0.6) is 5.75 Å². The lowest BCUT2D eigenvalue weighted by Crippen LogP contribution is -2.70. The number of carboxylic acids is 1. The van der Waals surface area contributed by atoms with Crippen molar-refractivity contribution in [2.45, 2.75) is 30.6 Å². The zero-order valence-corrected chi connectivity index (χ0v) is 18.9. The van der Waals surface area contributed by atoms with Gasteiger partial charge >= 0.3 is 5.97 Å². The molecule has 0 heterocycles. The second-order valence-electron chi connectivity index (χ2n) is 9.28. The summed E-state index contributed by atoms with van der Waals surface area (Å²) in [6.45, 7) is 1.55. The Hall–Kier alpha value is -3.74. The fourth-order valence-corrected chi connectivity index (χ4v) is 5.79. The van der Waals surface area contributed by atoms with Crippen molar-refractivity contribution in [1.29, 1.82) is 0 Å². The van der Waals surface area contributed by atoms with Gasteiger partial charge in [-0.15, -0.1) is 0 Å². The molecule has 0 aliphatic heterocycles. The molecule has 0 spiro atoms. The van der Waals surface area contributed by atoms with Crippen LogP contribution in [0.2, 0.25) is 0 Å². The van der Waals surface area contributed by atoms with Gasteiger partial charge in [0.25, 0.3) is 5.91 Å². The highest BCUT2D eigenvalue weighted by atomic mass is 16.4. The van der Waals surface area contributed by atoms with E-state index in [0.717, 1.165) is 6.07 Å². The second kappa shape index (κ2) is 7.63.